The Labute approximate surface area is 141 Å². The van der Waals surface area contributed by atoms with Crippen molar-refractivity contribution < 1.29 is 14.4 Å². The maximum Gasteiger partial charge on any atom is 0.291 e. The Morgan fingerprint density at radius 2 is 1.75 bits per heavy atom. The molecule has 2 rings (SSSR count). The first-order valence-electron chi connectivity index (χ1n) is 8.07. The Morgan fingerprint density at radius 3 is 2.29 bits per heavy atom. The van der Waals surface area contributed by atoms with Crippen LogP contribution in [0, 0.1) is 5.92 Å². The highest BCUT2D eigenvalue weighted by Crippen LogP contribution is 2.23. The van der Waals surface area contributed by atoms with Gasteiger partial charge in [-0.3, -0.25) is 14.4 Å². The van der Waals surface area contributed by atoms with E-state index in [1.54, 1.807) is 30.3 Å². The number of carbonyl (C=O) groups excluding carboxylic acids is 3. The number of amides is 2. The molecule has 0 saturated heterocycles. The number of Topliss-reactive ketones (excluding diaryl/α,β-unsaturated/α-hetero) is 1. The zero-order valence-electron chi connectivity index (χ0n) is 13.9. The lowest BCUT2D eigenvalue weighted by molar-refractivity contribution is -0.147. The van der Waals surface area contributed by atoms with Gasteiger partial charge in [-0.05, 0) is 25.0 Å². The summed E-state index contributed by atoms with van der Waals surface area (Å²) in [6.07, 6.45) is 1.47. The molecular weight excluding hydrogens is 308 g/mol. The van der Waals surface area contributed by atoms with E-state index in [9.17, 15) is 14.4 Å². The Kier molecular flexibility index (Phi) is 5.68. The molecule has 1 aliphatic rings. The lowest BCUT2D eigenvalue weighted by atomic mass is 10.0. The lowest BCUT2D eigenvalue weighted by Crippen LogP contribution is -2.46. The van der Waals surface area contributed by atoms with E-state index in [0.29, 0.717) is 18.8 Å². The molecule has 1 heterocycles. The average molecular weight is 330 g/mol. The molecule has 0 saturated carbocycles. The van der Waals surface area contributed by atoms with E-state index in [1.807, 2.05) is 13.8 Å². The minimum atomic E-state index is -1.34. The van der Waals surface area contributed by atoms with E-state index < -0.39 is 23.5 Å². The molecule has 0 aliphatic carbocycles. The number of ketones is 1. The van der Waals surface area contributed by atoms with Gasteiger partial charge in [-0.1, -0.05) is 32.0 Å². The molecule has 0 radical (unpaired) electrons. The number of anilines is 1. The number of hydrogen-bond donors (Lipinski definition) is 1. The molecular formula is C17H22N4O3. The fourth-order valence-corrected chi connectivity index (χ4v) is 2.61. The first-order chi connectivity index (χ1) is 11.5. The Hall–Kier alpha value is -2.70. The second-order valence-corrected chi connectivity index (χ2v) is 5.60. The highest BCUT2D eigenvalue weighted by atomic mass is 16.2. The van der Waals surface area contributed by atoms with Crippen molar-refractivity contribution in [3.05, 3.63) is 30.3 Å². The SMILES string of the molecule is CCCN(CCC)C(=O)C(=O)[C@@H]1C(=O)N(c2ccccc2)N=C1N. The van der Waals surface area contributed by atoms with Gasteiger partial charge in [-0.2, -0.15) is 10.1 Å². The Bertz CT molecular complexity index is 651. The summed E-state index contributed by atoms with van der Waals surface area (Å²) < 4.78 is 0. The predicted molar refractivity (Wildman–Crippen MR) is 91.2 cm³/mol. The maximum atomic E-state index is 12.5. The van der Waals surface area contributed by atoms with Crippen LogP contribution in [0.25, 0.3) is 0 Å². The van der Waals surface area contributed by atoms with Crippen LogP contribution in [0.15, 0.2) is 35.4 Å². The van der Waals surface area contributed by atoms with Crippen LogP contribution in [0.3, 0.4) is 0 Å². The third-order valence-corrected chi connectivity index (χ3v) is 3.71. The van der Waals surface area contributed by atoms with E-state index >= 15 is 0 Å². The fourth-order valence-electron chi connectivity index (χ4n) is 2.61. The highest BCUT2D eigenvalue weighted by Gasteiger charge is 2.44. The van der Waals surface area contributed by atoms with Gasteiger partial charge < -0.3 is 10.6 Å². The molecule has 2 N–H and O–H groups in total. The van der Waals surface area contributed by atoms with Crippen molar-refractivity contribution in [3.8, 4) is 0 Å². The van der Waals surface area contributed by atoms with Crippen LogP contribution >= 0.6 is 0 Å². The number of para-hydroxylation sites is 1. The molecule has 0 bridgehead atoms. The summed E-state index contributed by atoms with van der Waals surface area (Å²) in [7, 11) is 0. The molecule has 2 amide bonds. The first kappa shape index (κ1) is 17.7. The summed E-state index contributed by atoms with van der Waals surface area (Å²) in [4.78, 5) is 39.0. The van der Waals surface area contributed by atoms with Crippen molar-refractivity contribution >= 4 is 29.1 Å². The van der Waals surface area contributed by atoms with Gasteiger partial charge in [-0.25, -0.2) is 0 Å². The Balaban J connectivity index is 2.20. The molecule has 0 unspecified atom stereocenters. The van der Waals surface area contributed by atoms with Gasteiger partial charge in [0.25, 0.3) is 11.8 Å². The monoisotopic (exact) mass is 330 g/mol. The lowest BCUT2D eigenvalue weighted by Gasteiger charge is -2.21. The van der Waals surface area contributed by atoms with Crippen molar-refractivity contribution in [3.63, 3.8) is 0 Å². The fraction of sp³-hybridized carbons (Fsp3) is 0.412. The number of carbonyl (C=O) groups is 3. The third-order valence-electron chi connectivity index (χ3n) is 3.71. The molecule has 1 aromatic carbocycles. The number of hydrazone groups is 1. The number of hydrogen-bond acceptors (Lipinski definition) is 5. The maximum absolute atomic E-state index is 12.5. The van der Waals surface area contributed by atoms with E-state index in [4.69, 9.17) is 5.73 Å². The van der Waals surface area contributed by atoms with Gasteiger partial charge in [0.1, 0.15) is 5.84 Å². The number of nitrogens with two attached hydrogens (primary N) is 1. The summed E-state index contributed by atoms with van der Waals surface area (Å²) in [5, 5.41) is 5.04. The number of amidine groups is 1. The molecule has 0 spiro atoms. The summed E-state index contributed by atoms with van der Waals surface area (Å²) >= 11 is 0. The minimum absolute atomic E-state index is 0.143. The minimum Gasteiger partial charge on any atom is -0.385 e. The predicted octanol–water partition coefficient (Wildman–Crippen LogP) is 1.14. The standard InChI is InChI=1S/C17H22N4O3/c1-3-10-20(11-4-2)17(24)14(22)13-15(18)19-21(16(13)23)12-8-6-5-7-9-12/h5-9,13H,3-4,10-11H2,1-2H3,(H2,18,19)/t13-/m0/s1. The highest BCUT2D eigenvalue weighted by molar-refractivity contribution is 6.47. The van der Waals surface area contributed by atoms with E-state index in [0.717, 1.165) is 17.9 Å². The first-order valence-corrected chi connectivity index (χ1v) is 8.07. The van der Waals surface area contributed by atoms with Gasteiger partial charge in [-0.15, -0.1) is 0 Å². The van der Waals surface area contributed by atoms with Gasteiger partial charge in [0, 0.05) is 13.1 Å². The summed E-state index contributed by atoms with van der Waals surface area (Å²) in [5.41, 5.74) is 6.29. The molecule has 1 aliphatic heterocycles. The molecule has 7 nitrogen and oxygen atoms in total. The summed E-state index contributed by atoms with van der Waals surface area (Å²) in [6.45, 7) is 4.79. The molecule has 128 valence electrons. The topological polar surface area (TPSA) is 96.1 Å². The van der Waals surface area contributed by atoms with Crippen LogP contribution in [0.2, 0.25) is 0 Å². The normalized spacial score (nSPS) is 16.9. The van der Waals surface area contributed by atoms with Gasteiger partial charge in [0.15, 0.2) is 5.92 Å². The second kappa shape index (κ2) is 7.72. The van der Waals surface area contributed by atoms with Gasteiger partial charge >= 0.3 is 0 Å². The van der Waals surface area contributed by atoms with Crippen LogP contribution < -0.4 is 10.7 Å². The summed E-state index contributed by atoms with van der Waals surface area (Å²) in [5.74, 6) is -3.57. The van der Waals surface area contributed by atoms with Crippen LogP contribution in [-0.4, -0.2) is 41.4 Å². The second-order valence-electron chi connectivity index (χ2n) is 5.60. The molecule has 1 aromatic rings. The molecule has 1 atom stereocenters. The smallest absolute Gasteiger partial charge is 0.291 e. The van der Waals surface area contributed by atoms with Crippen LogP contribution in [0.5, 0.6) is 0 Å². The van der Waals surface area contributed by atoms with Crippen LogP contribution in [0.1, 0.15) is 26.7 Å². The third kappa shape index (κ3) is 3.45. The van der Waals surface area contributed by atoms with E-state index in [-0.39, 0.29) is 5.84 Å². The van der Waals surface area contributed by atoms with Gasteiger partial charge in [0.05, 0.1) is 5.69 Å². The van der Waals surface area contributed by atoms with Crippen molar-refractivity contribution in [2.45, 2.75) is 26.7 Å². The van der Waals surface area contributed by atoms with E-state index in [1.165, 1.54) is 4.90 Å². The quantitative estimate of drug-likeness (QED) is 0.599. The largest absolute Gasteiger partial charge is 0.385 e. The molecule has 7 heteroatoms. The zero-order valence-corrected chi connectivity index (χ0v) is 13.9. The zero-order chi connectivity index (χ0) is 17.7. The van der Waals surface area contributed by atoms with Crippen LogP contribution in [-0.2, 0) is 14.4 Å². The number of nitrogens with zero attached hydrogens (tertiary/aromatic N) is 3. The molecule has 24 heavy (non-hydrogen) atoms. The van der Waals surface area contributed by atoms with Crippen LogP contribution in [0.4, 0.5) is 5.69 Å². The number of benzene rings is 1. The summed E-state index contributed by atoms with van der Waals surface area (Å²) in [6, 6.07) is 8.67. The van der Waals surface area contributed by atoms with E-state index in [2.05, 4.69) is 5.10 Å². The number of rotatable bonds is 7. The molecule has 0 fully saturated rings. The van der Waals surface area contributed by atoms with Crippen molar-refractivity contribution in [2.75, 3.05) is 18.1 Å². The Morgan fingerprint density at radius 1 is 1.17 bits per heavy atom. The van der Waals surface area contributed by atoms with Crippen molar-refractivity contribution in [1.82, 2.24) is 4.90 Å². The van der Waals surface area contributed by atoms with Crippen molar-refractivity contribution in [2.24, 2.45) is 16.8 Å². The van der Waals surface area contributed by atoms with Gasteiger partial charge in [0.2, 0.25) is 5.78 Å². The molecule has 0 aromatic heterocycles. The average Bonchev–Trinajstić information content (AvgIpc) is 2.88. The van der Waals surface area contributed by atoms with Crippen molar-refractivity contribution in [1.29, 1.82) is 0 Å².